The van der Waals surface area contributed by atoms with Gasteiger partial charge in [0.2, 0.25) is 0 Å². The van der Waals surface area contributed by atoms with E-state index in [1.807, 2.05) is 12.1 Å². The number of benzene rings is 2. The highest BCUT2D eigenvalue weighted by Crippen LogP contribution is 2.05. The summed E-state index contributed by atoms with van der Waals surface area (Å²) in [5, 5.41) is 0.496. The molecule has 1 aromatic heterocycles. The number of hydrogen-bond acceptors (Lipinski definition) is 4. The summed E-state index contributed by atoms with van der Waals surface area (Å²) in [4.78, 5) is 28.2. The van der Waals surface area contributed by atoms with Crippen LogP contribution >= 0.6 is 0 Å². The van der Waals surface area contributed by atoms with E-state index in [-0.39, 0.29) is 12.3 Å². The summed E-state index contributed by atoms with van der Waals surface area (Å²) in [7, 11) is 0. The van der Waals surface area contributed by atoms with Gasteiger partial charge < -0.3 is 4.74 Å². The molecule has 0 spiro atoms. The fourth-order valence-corrected chi connectivity index (χ4v) is 1.98. The van der Waals surface area contributed by atoms with Crippen molar-refractivity contribution in [3.63, 3.8) is 0 Å². The quantitative estimate of drug-likeness (QED) is 0.690. The molecule has 5 nitrogen and oxygen atoms in total. The molecule has 3 aromatic rings. The molecule has 0 saturated heterocycles. The van der Waals surface area contributed by atoms with Crippen LogP contribution in [0.4, 0.5) is 0 Å². The number of para-hydroxylation sites is 1. The largest absolute Gasteiger partial charge is 0.440 e. The maximum absolute atomic E-state index is 12.2. The van der Waals surface area contributed by atoms with Crippen molar-refractivity contribution in [2.24, 2.45) is 0 Å². The van der Waals surface area contributed by atoms with E-state index in [1.165, 1.54) is 10.9 Å². The van der Waals surface area contributed by atoms with Gasteiger partial charge in [-0.25, -0.2) is 9.78 Å². The van der Waals surface area contributed by atoms with Gasteiger partial charge in [0.05, 0.1) is 16.5 Å². The molecule has 21 heavy (non-hydrogen) atoms. The summed E-state index contributed by atoms with van der Waals surface area (Å²) >= 11 is 0. The second-order valence-electron chi connectivity index (χ2n) is 4.46. The van der Waals surface area contributed by atoms with Crippen LogP contribution in [0.1, 0.15) is 10.4 Å². The standard InChI is InChI=1S/C16H12N2O3/c19-15-13-8-4-5-9-14(13)17-10-18(15)11-21-16(20)12-6-2-1-3-7-12/h1-10H,11H2. The Labute approximate surface area is 120 Å². The fourth-order valence-electron chi connectivity index (χ4n) is 1.98. The van der Waals surface area contributed by atoms with Crippen LogP contribution in [-0.2, 0) is 11.5 Å². The fraction of sp³-hybridized carbons (Fsp3) is 0.0625. The lowest BCUT2D eigenvalue weighted by molar-refractivity contribution is 0.0365. The normalized spacial score (nSPS) is 10.5. The highest BCUT2D eigenvalue weighted by Gasteiger charge is 2.08. The van der Waals surface area contributed by atoms with Gasteiger partial charge in [-0.15, -0.1) is 0 Å². The highest BCUT2D eigenvalue weighted by atomic mass is 16.5. The van der Waals surface area contributed by atoms with Gasteiger partial charge in [-0.3, -0.25) is 9.36 Å². The summed E-state index contributed by atoms with van der Waals surface area (Å²) in [6.07, 6.45) is 1.38. The van der Waals surface area contributed by atoms with Gasteiger partial charge in [0.25, 0.3) is 5.56 Å². The molecule has 0 aliphatic carbocycles. The van der Waals surface area contributed by atoms with Gasteiger partial charge in [-0.1, -0.05) is 30.3 Å². The van der Waals surface area contributed by atoms with E-state index >= 15 is 0 Å². The zero-order chi connectivity index (χ0) is 14.7. The van der Waals surface area contributed by atoms with Gasteiger partial charge in [-0.2, -0.15) is 0 Å². The number of esters is 1. The van der Waals surface area contributed by atoms with Crippen molar-refractivity contribution in [2.45, 2.75) is 6.73 Å². The second kappa shape index (κ2) is 5.58. The number of aromatic nitrogens is 2. The predicted octanol–water partition coefficient (Wildman–Crippen LogP) is 2.21. The van der Waals surface area contributed by atoms with E-state index in [0.29, 0.717) is 16.5 Å². The van der Waals surface area contributed by atoms with Crippen molar-refractivity contribution in [1.29, 1.82) is 0 Å². The monoisotopic (exact) mass is 280 g/mol. The number of fused-ring (bicyclic) bond motifs is 1. The molecule has 0 amide bonds. The minimum atomic E-state index is -0.476. The van der Waals surface area contributed by atoms with Crippen LogP contribution in [0.2, 0.25) is 0 Å². The Morgan fingerprint density at radius 1 is 1.05 bits per heavy atom. The average molecular weight is 280 g/mol. The first kappa shape index (κ1) is 13.1. The van der Waals surface area contributed by atoms with Crippen molar-refractivity contribution in [3.05, 3.63) is 76.8 Å². The molecule has 0 fully saturated rings. The van der Waals surface area contributed by atoms with Crippen molar-refractivity contribution < 1.29 is 9.53 Å². The van der Waals surface area contributed by atoms with Gasteiger partial charge >= 0.3 is 5.97 Å². The molecule has 0 N–H and O–H groups in total. The Morgan fingerprint density at radius 2 is 1.76 bits per heavy atom. The number of rotatable bonds is 3. The topological polar surface area (TPSA) is 61.2 Å². The van der Waals surface area contributed by atoms with Crippen LogP contribution in [0, 0.1) is 0 Å². The number of carbonyl (C=O) groups is 1. The Kier molecular flexibility index (Phi) is 3.47. The Balaban J connectivity index is 1.81. The number of nitrogens with zero attached hydrogens (tertiary/aromatic N) is 2. The molecule has 0 saturated carbocycles. The molecule has 3 rings (SSSR count). The van der Waals surface area contributed by atoms with Crippen molar-refractivity contribution >= 4 is 16.9 Å². The molecular formula is C16H12N2O3. The molecule has 0 atom stereocenters. The van der Waals surface area contributed by atoms with Crippen LogP contribution in [0.3, 0.4) is 0 Å². The molecule has 0 aliphatic rings. The smallest absolute Gasteiger partial charge is 0.339 e. The Morgan fingerprint density at radius 3 is 2.57 bits per heavy atom. The summed E-state index contributed by atoms with van der Waals surface area (Å²) < 4.78 is 6.39. The van der Waals surface area contributed by atoms with E-state index in [0.717, 1.165) is 0 Å². The minimum absolute atomic E-state index is 0.162. The third-order valence-electron chi connectivity index (χ3n) is 3.08. The lowest BCUT2D eigenvalue weighted by Gasteiger charge is -2.07. The van der Waals surface area contributed by atoms with Crippen molar-refractivity contribution in [3.8, 4) is 0 Å². The van der Waals surface area contributed by atoms with E-state index in [4.69, 9.17) is 4.74 Å². The third-order valence-corrected chi connectivity index (χ3v) is 3.08. The van der Waals surface area contributed by atoms with Crippen LogP contribution in [0.25, 0.3) is 10.9 Å². The molecule has 0 radical (unpaired) electrons. The zero-order valence-corrected chi connectivity index (χ0v) is 11.1. The Hall–Kier alpha value is -2.95. The van der Waals surface area contributed by atoms with Gasteiger partial charge in [0.15, 0.2) is 6.73 Å². The first-order valence-electron chi connectivity index (χ1n) is 6.42. The first-order chi connectivity index (χ1) is 10.3. The third kappa shape index (κ3) is 2.67. The average Bonchev–Trinajstić information content (AvgIpc) is 2.55. The summed E-state index contributed by atoms with van der Waals surface area (Å²) in [5.41, 5.74) is 0.828. The molecule has 0 aliphatic heterocycles. The predicted molar refractivity (Wildman–Crippen MR) is 77.9 cm³/mol. The molecular weight excluding hydrogens is 268 g/mol. The molecule has 0 bridgehead atoms. The minimum Gasteiger partial charge on any atom is -0.440 e. The van der Waals surface area contributed by atoms with Crippen LogP contribution in [-0.4, -0.2) is 15.5 Å². The van der Waals surface area contributed by atoms with Gasteiger partial charge in [0.1, 0.15) is 6.33 Å². The lowest BCUT2D eigenvalue weighted by Crippen LogP contribution is -2.23. The van der Waals surface area contributed by atoms with Crippen molar-refractivity contribution in [2.75, 3.05) is 0 Å². The molecule has 0 unspecified atom stereocenters. The van der Waals surface area contributed by atoms with E-state index in [2.05, 4.69) is 4.98 Å². The molecule has 5 heteroatoms. The summed E-state index contributed by atoms with van der Waals surface area (Å²) in [6.45, 7) is -0.162. The molecule has 104 valence electrons. The first-order valence-corrected chi connectivity index (χ1v) is 6.42. The lowest BCUT2D eigenvalue weighted by atomic mass is 10.2. The molecule has 1 heterocycles. The van der Waals surface area contributed by atoms with Gasteiger partial charge in [-0.05, 0) is 24.3 Å². The molecule has 2 aromatic carbocycles. The van der Waals surface area contributed by atoms with Crippen molar-refractivity contribution in [1.82, 2.24) is 9.55 Å². The second-order valence-corrected chi connectivity index (χ2v) is 4.46. The highest BCUT2D eigenvalue weighted by molar-refractivity contribution is 5.89. The van der Waals surface area contributed by atoms with Crippen LogP contribution in [0.5, 0.6) is 0 Å². The van der Waals surface area contributed by atoms with E-state index in [9.17, 15) is 9.59 Å². The maximum atomic E-state index is 12.2. The van der Waals surface area contributed by atoms with Gasteiger partial charge in [0, 0.05) is 0 Å². The summed E-state index contributed by atoms with van der Waals surface area (Å²) in [5.74, 6) is -0.476. The maximum Gasteiger partial charge on any atom is 0.339 e. The Bertz CT molecular complexity index is 841. The van der Waals surface area contributed by atoms with Crippen LogP contribution in [0.15, 0.2) is 65.7 Å². The number of carbonyl (C=O) groups excluding carboxylic acids is 1. The SMILES string of the molecule is O=C(OCn1cnc2ccccc2c1=O)c1ccccc1. The number of ether oxygens (including phenoxy) is 1. The zero-order valence-electron chi connectivity index (χ0n) is 11.1. The van der Waals surface area contributed by atoms with E-state index in [1.54, 1.807) is 42.5 Å². The van der Waals surface area contributed by atoms with E-state index < -0.39 is 5.97 Å². The summed E-state index contributed by atoms with van der Waals surface area (Å²) in [6, 6.07) is 15.7. The number of hydrogen-bond donors (Lipinski definition) is 0. The van der Waals surface area contributed by atoms with Crippen LogP contribution < -0.4 is 5.56 Å².